The zero-order chi connectivity index (χ0) is 18.0. The summed E-state index contributed by atoms with van der Waals surface area (Å²) in [5.74, 6) is -0.0607. The molecule has 0 aliphatic heterocycles. The predicted molar refractivity (Wildman–Crippen MR) is 92.7 cm³/mol. The fraction of sp³-hybridized carbons (Fsp3) is 0.118. The molecule has 1 aromatic heterocycles. The van der Waals surface area contributed by atoms with Crippen LogP contribution in [0, 0.1) is 6.92 Å². The van der Waals surface area contributed by atoms with Crippen LogP contribution in [0.15, 0.2) is 57.8 Å². The van der Waals surface area contributed by atoms with Gasteiger partial charge in [-0.1, -0.05) is 18.2 Å². The van der Waals surface area contributed by atoms with Crippen LogP contribution in [0.1, 0.15) is 16.1 Å². The number of fused-ring (bicyclic) bond motifs is 1. The maximum Gasteiger partial charge on any atom is 0.279 e. The molecule has 0 aliphatic rings. The third-order valence-electron chi connectivity index (χ3n) is 3.59. The van der Waals surface area contributed by atoms with Gasteiger partial charge < -0.3 is 4.42 Å². The Morgan fingerprint density at radius 1 is 1.12 bits per heavy atom. The van der Waals surface area contributed by atoms with Crippen molar-refractivity contribution >= 4 is 32.6 Å². The van der Waals surface area contributed by atoms with Crippen molar-refractivity contribution in [3.8, 4) is 0 Å². The van der Waals surface area contributed by atoms with Gasteiger partial charge in [0.2, 0.25) is 0 Å². The molecule has 0 aliphatic carbocycles. The Morgan fingerprint density at radius 2 is 1.84 bits per heavy atom. The molecule has 1 amide bonds. The summed E-state index contributed by atoms with van der Waals surface area (Å²) in [6.45, 7) is 1.65. The second-order valence-electron chi connectivity index (χ2n) is 5.30. The van der Waals surface area contributed by atoms with Gasteiger partial charge in [0, 0.05) is 11.1 Å². The molecular formula is C17H16N2O5S. The summed E-state index contributed by atoms with van der Waals surface area (Å²) in [7, 11) is -2.40. The van der Waals surface area contributed by atoms with Gasteiger partial charge in [-0.3, -0.25) is 14.4 Å². The normalized spacial score (nSPS) is 11.4. The van der Waals surface area contributed by atoms with Gasteiger partial charge in [-0.25, -0.2) is 13.9 Å². The van der Waals surface area contributed by atoms with E-state index in [9.17, 15) is 13.2 Å². The smallest absolute Gasteiger partial charge is 0.279 e. The molecule has 0 saturated carbocycles. The lowest BCUT2D eigenvalue weighted by Crippen LogP contribution is -2.22. The Bertz CT molecular complexity index is 1030. The van der Waals surface area contributed by atoms with Crippen LogP contribution in [0.5, 0.6) is 0 Å². The van der Waals surface area contributed by atoms with E-state index in [-0.39, 0.29) is 10.5 Å². The summed E-state index contributed by atoms with van der Waals surface area (Å²) in [6.07, 6.45) is 0. The van der Waals surface area contributed by atoms with Crippen LogP contribution in [-0.2, 0) is 14.9 Å². The Morgan fingerprint density at radius 3 is 2.52 bits per heavy atom. The number of hydrogen-bond acceptors (Lipinski definition) is 5. The highest BCUT2D eigenvalue weighted by molar-refractivity contribution is 7.92. The molecule has 0 atom stereocenters. The van der Waals surface area contributed by atoms with E-state index >= 15 is 0 Å². The number of anilines is 1. The lowest BCUT2D eigenvalue weighted by molar-refractivity contribution is 0.0537. The monoisotopic (exact) mass is 360 g/mol. The highest BCUT2D eigenvalue weighted by atomic mass is 32.2. The van der Waals surface area contributed by atoms with Crippen molar-refractivity contribution in [2.24, 2.45) is 0 Å². The summed E-state index contributed by atoms with van der Waals surface area (Å²) in [6, 6.07) is 12.8. The van der Waals surface area contributed by atoms with Crippen molar-refractivity contribution in [3.05, 3.63) is 59.9 Å². The third kappa shape index (κ3) is 3.35. The van der Waals surface area contributed by atoms with Crippen molar-refractivity contribution < 1.29 is 22.5 Å². The zero-order valence-corrected chi connectivity index (χ0v) is 14.4. The Kier molecular flexibility index (Phi) is 4.47. The minimum absolute atomic E-state index is 0.149. The molecule has 0 fully saturated rings. The number of nitrogens with one attached hydrogen (secondary N) is 2. The van der Waals surface area contributed by atoms with E-state index in [1.807, 2.05) is 0 Å². The number of carbonyl (C=O) groups is 1. The third-order valence-corrected chi connectivity index (χ3v) is 4.99. The first-order chi connectivity index (χ1) is 11.9. The molecule has 0 saturated heterocycles. The van der Waals surface area contributed by atoms with Crippen LogP contribution < -0.4 is 10.2 Å². The van der Waals surface area contributed by atoms with E-state index in [4.69, 9.17) is 4.42 Å². The molecule has 2 N–H and O–H groups in total. The molecule has 2 aromatic carbocycles. The van der Waals surface area contributed by atoms with Crippen molar-refractivity contribution in [3.63, 3.8) is 0 Å². The first-order valence-corrected chi connectivity index (χ1v) is 8.85. The fourth-order valence-corrected chi connectivity index (χ4v) is 3.59. The van der Waals surface area contributed by atoms with Gasteiger partial charge in [0.05, 0.1) is 17.6 Å². The van der Waals surface area contributed by atoms with Crippen molar-refractivity contribution in [2.45, 2.75) is 11.8 Å². The predicted octanol–water partition coefficient (Wildman–Crippen LogP) is 2.83. The molecule has 7 nitrogen and oxygen atoms in total. The topological polar surface area (TPSA) is 97.6 Å². The quantitative estimate of drug-likeness (QED) is 0.682. The standard InChI is InChI=1S/C17H16N2O5S/c1-11-16(17(20)18-23-2)14-10-12(8-9-15(14)24-11)19-25(21,22)13-6-4-3-5-7-13/h3-10,19H,1-2H3,(H,18,20). The SMILES string of the molecule is CONC(=O)c1c(C)oc2ccc(NS(=O)(=O)c3ccccc3)cc12. The molecule has 0 radical (unpaired) electrons. The molecule has 8 heteroatoms. The number of hydrogen-bond donors (Lipinski definition) is 2. The lowest BCUT2D eigenvalue weighted by Gasteiger charge is -2.08. The van der Waals surface area contributed by atoms with Gasteiger partial charge in [0.25, 0.3) is 15.9 Å². The van der Waals surface area contributed by atoms with E-state index < -0.39 is 15.9 Å². The number of furan rings is 1. The summed E-state index contributed by atoms with van der Waals surface area (Å²) >= 11 is 0. The van der Waals surface area contributed by atoms with E-state index in [1.165, 1.54) is 19.2 Å². The number of aryl methyl sites for hydroxylation is 1. The van der Waals surface area contributed by atoms with Crippen LogP contribution >= 0.6 is 0 Å². The lowest BCUT2D eigenvalue weighted by atomic mass is 10.1. The summed E-state index contributed by atoms with van der Waals surface area (Å²) in [5, 5.41) is 0.486. The van der Waals surface area contributed by atoms with Crippen molar-refractivity contribution in [2.75, 3.05) is 11.8 Å². The van der Waals surface area contributed by atoms with Gasteiger partial charge in [0.1, 0.15) is 11.3 Å². The van der Waals surface area contributed by atoms with Gasteiger partial charge in [-0.05, 0) is 37.3 Å². The maximum absolute atomic E-state index is 12.4. The molecule has 3 rings (SSSR count). The fourth-order valence-electron chi connectivity index (χ4n) is 2.52. The molecule has 0 spiro atoms. The van der Waals surface area contributed by atoms with E-state index in [0.717, 1.165) is 0 Å². The molecule has 0 bridgehead atoms. The van der Waals surface area contributed by atoms with Crippen molar-refractivity contribution in [1.82, 2.24) is 5.48 Å². The van der Waals surface area contributed by atoms with Crippen LogP contribution in [0.25, 0.3) is 11.0 Å². The summed E-state index contributed by atoms with van der Waals surface area (Å²) < 4.78 is 32.9. The van der Waals surface area contributed by atoms with Crippen LogP contribution in [-0.4, -0.2) is 21.4 Å². The van der Waals surface area contributed by atoms with Gasteiger partial charge in [-0.2, -0.15) is 0 Å². The largest absolute Gasteiger partial charge is 0.461 e. The van der Waals surface area contributed by atoms with Gasteiger partial charge in [0.15, 0.2) is 0 Å². The Balaban J connectivity index is 2.01. The first kappa shape index (κ1) is 17.0. The van der Waals surface area contributed by atoms with E-state index in [1.54, 1.807) is 43.3 Å². The van der Waals surface area contributed by atoms with Gasteiger partial charge >= 0.3 is 0 Å². The van der Waals surface area contributed by atoms with Crippen molar-refractivity contribution in [1.29, 1.82) is 0 Å². The number of hydroxylamine groups is 1. The molecule has 130 valence electrons. The average molecular weight is 360 g/mol. The highest BCUT2D eigenvalue weighted by Gasteiger charge is 2.20. The molecular weight excluding hydrogens is 344 g/mol. The maximum atomic E-state index is 12.4. The zero-order valence-electron chi connectivity index (χ0n) is 13.6. The average Bonchev–Trinajstić information content (AvgIpc) is 2.91. The Hall–Kier alpha value is -2.84. The number of carbonyl (C=O) groups excluding carboxylic acids is 1. The molecule has 3 aromatic rings. The van der Waals surface area contributed by atoms with Crippen LogP contribution in [0.3, 0.4) is 0 Å². The van der Waals surface area contributed by atoms with Crippen LogP contribution in [0.4, 0.5) is 5.69 Å². The Labute approximate surface area is 144 Å². The van der Waals surface area contributed by atoms with E-state index in [2.05, 4.69) is 15.0 Å². The second kappa shape index (κ2) is 6.58. The molecule has 25 heavy (non-hydrogen) atoms. The minimum atomic E-state index is -3.72. The molecule has 0 unspecified atom stereocenters. The number of benzene rings is 2. The molecule has 1 heterocycles. The minimum Gasteiger partial charge on any atom is -0.461 e. The number of sulfonamides is 1. The van der Waals surface area contributed by atoms with Gasteiger partial charge in [-0.15, -0.1) is 0 Å². The number of rotatable bonds is 5. The summed E-state index contributed by atoms with van der Waals surface area (Å²) in [4.78, 5) is 16.9. The first-order valence-electron chi connectivity index (χ1n) is 7.37. The second-order valence-corrected chi connectivity index (χ2v) is 6.98. The summed E-state index contributed by atoms with van der Waals surface area (Å²) in [5.41, 5.74) is 3.32. The number of amides is 1. The highest BCUT2D eigenvalue weighted by Crippen LogP contribution is 2.29. The van der Waals surface area contributed by atoms with E-state index in [0.29, 0.717) is 22.4 Å². The van der Waals surface area contributed by atoms with Crippen LogP contribution in [0.2, 0.25) is 0 Å².